The monoisotopic (exact) mass is 235 g/mol. The number of rotatable bonds is 3. The topological polar surface area (TPSA) is 32.7 Å². The molecule has 0 saturated carbocycles. The molecule has 1 aromatic carbocycles. The molecule has 2 rings (SSSR count). The van der Waals surface area contributed by atoms with Crippen LogP contribution in [-0.2, 0) is 0 Å². The highest BCUT2D eigenvalue weighted by Crippen LogP contribution is 2.27. The summed E-state index contributed by atoms with van der Waals surface area (Å²) < 4.78 is 5.27. The summed E-state index contributed by atoms with van der Waals surface area (Å²) in [6.07, 6.45) is 2.17. The summed E-state index contributed by atoms with van der Waals surface area (Å²) in [4.78, 5) is 2.39. The Morgan fingerprint density at radius 1 is 1.35 bits per heavy atom. The van der Waals surface area contributed by atoms with Crippen LogP contribution >= 0.6 is 0 Å². The Labute approximate surface area is 103 Å². The highest BCUT2D eigenvalue weighted by atomic mass is 16.5. The van der Waals surface area contributed by atoms with Crippen molar-refractivity contribution in [2.24, 2.45) is 5.92 Å². The highest BCUT2D eigenvalue weighted by Gasteiger charge is 2.18. The lowest BCUT2D eigenvalue weighted by Crippen LogP contribution is -2.34. The molecule has 0 spiro atoms. The Hall–Kier alpha value is -1.22. The van der Waals surface area contributed by atoms with E-state index in [1.807, 2.05) is 6.07 Å². The van der Waals surface area contributed by atoms with Crippen molar-refractivity contribution in [2.45, 2.75) is 19.8 Å². The van der Waals surface area contributed by atoms with E-state index in [9.17, 15) is 0 Å². The van der Waals surface area contributed by atoms with Gasteiger partial charge in [0.15, 0.2) is 0 Å². The van der Waals surface area contributed by atoms with Gasteiger partial charge in [0.2, 0.25) is 0 Å². The van der Waals surface area contributed by atoms with Gasteiger partial charge in [-0.2, -0.15) is 0 Å². The number of benzene rings is 1. The van der Waals surface area contributed by atoms with Gasteiger partial charge in [0.25, 0.3) is 0 Å². The zero-order chi connectivity index (χ0) is 12.3. The van der Waals surface area contributed by atoms with Crippen molar-refractivity contribution in [1.29, 1.82) is 0 Å². The first-order valence-corrected chi connectivity index (χ1v) is 6.25. The van der Waals surface area contributed by atoms with Crippen molar-refractivity contribution < 1.29 is 9.84 Å². The van der Waals surface area contributed by atoms with E-state index in [0.717, 1.165) is 31.7 Å². The first-order chi connectivity index (χ1) is 8.24. The first kappa shape index (κ1) is 12.2. The van der Waals surface area contributed by atoms with Crippen LogP contribution < -0.4 is 9.64 Å². The summed E-state index contributed by atoms with van der Waals surface area (Å²) in [7, 11) is 1.70. The Morgan fingerprint density at radius 3 is 2.59 bits per heavy atom. The molecule has 0 atom stereocenters. The standard InChI is InChI=1S/C14H21NO2/c1-11-9-13(3-4-14(11)17-2)15-7-5-12(10-16)6-8-15/h3-4,9,12,16H,5-8,10H2,1-2H3. The van der Waals surface area contributed by atoms with Gasteiger partial charge in [-0.1, -0.05) is 0 Å². The third kappa shape index (κ3) is 2.72. The van der Waals surface area contributed by atoms with Gasteiger partial charge in [0, 0.05) is 25.4 Å². The molecule has 0 radical (unpaired) electrons. The summed E-state index contributed by atoms with van der Waals surface area (Å²) in [5.41, 5.74) is 2.44. The predicted molar refractivity (Wildman–Crippen MR) is 69.8 cm³/mol. The fourth-order valence-electron chi connectivity index (χ4n) is 2.43. The van der Waals surface area contributed by atoms with Crippen molar-refractivity contribution >= 4 is 5.69 Å². The Balaban J connectivity index is 2.06. The predicted octanol–water partition coefficient (Wildman–Crippen LogP) is 2.21. The largest absolute Gasteiger partial charge is 0.496 e. The van der Waals surface area contributed by atoms with Crippen LogP contribution in [0.4, 0.5) is 5.69 Å². The SMILES string of the molecule is COc1ccc(N2CCC(CO)CC2)cc1C. The number of hydrogen-bond acceptors (Lipinski definition) is 3. The molecule has 1 aliphatic heterocycles. The first-order valence-electron chi connectivity index (χ1n) is 6.25. The zero-order valence-corrected chi connectivity index (χ0v) is 10.6. The normalized spacial score (nSPS) is 17.2. The molecule has 1 saturated heterocycles. The smallest absolute Gasteiger partial charge is 0.121 e. The molecule has 17 heavy (non-hydrogen) atoms. The van der Waals surface area contributed by atoms with Crippen LogP contribution in [0.3, 0.4) is 0 Å². The van der Waals surface area contributed by atoms with E-state index in [2.05, 4.69) is 24.0 Å². The number of methoxy groups -OCH3 is 1. The van der Waals surface area contributed by atoms with E-state index in [1.165, 1.54) is 11.3 Å². The molecule has 94 valence electrons. The van der Waals surface area contributed by atoms with Gasteiger partial charge in [-0.3, -0.25) is 0 Å². The van der Waals surface area contributed by atoms with Crippen molar-refractivity contribution in [3.63, 3.8) is 0 Å². The number of ether oxygens (including phenoxy) is 1. The second-order valence-electron chi connectivity index (χ2n) is 4.77. The van der Waals surface area contributed by atoms with Crippen molar-refractivity contribution in [3.05, 3.63) is 23.8 Å². The van der Waals surface area contributed by atoms with Crippen molar-refractivity contribution in [2.75, 3.05) is 31.7 Å². The summed E-state index contributed by atoms with van der Waals surface area (Å²) in [5, 5.41) is 9.13. The van der Waals surface area contributed by atoms with Crippen LogP contribution in [0.25, 0.3) is 0 Å². The van der Waals surface area contributed by atoms with Crippen LogP contribution in [0, 0.1) is 12.8 Å². The number of aliphatic hydroxyl groups excluding tert-OH is 1. The van der Waals surface area contributed by atoms with E-state index in [1.54, 1.807) is 7.11 Å². The maximum Gasteiger partial charge on any atom is 0.121 e. The van der Waals surface area contributed by atoms with E-state index < -0.39 is 0 Å². The molecule has 0 aliphatic carbocycles. The molecule has 1 aliphatic rings. The van der Waals surface area contributed by atoms with Gasteiger partial charge in [0.1, 0.15) is 5.75 Å². The lowest BCUT2D eigenvalue weighted by atomic mass is 9.97. The van der Waals surface area contributed by atoms with Crippen LogP contribution in [0.1, 0.15) is 18.4 Å². The minimum atomic E-state index is 0.329. The highest BCUT2D eigenvalue weighted by molar-refractivity contribution is 5.53. The number of aryl methyl sites for hydroxylation is 1. The molecule has 1 N–H and O–H groups in total. The molecule has 0 amide bonds. The van der Waals surface area contributed by atoms with Gasteiger partial charge in [0.05, 0.1) is 7.11 Å². The quantitative estimate of drug-likeness (QED) is 0.872. The second-order valence-corrected chi connectivity index (χ2v) is 4.77. The Kier molecular flexibility index (Phi) is 3.89. The number of anilines is 1. The third-order valence-corrected chi connectivity index (χ3v) is 3.62. The van der Waals surface area contributed by atoms with E-state index in [0.29, 0.717) is 12.5 Å². The zero-order valence-electron chi connectivity index (χ0n) is 10.6. The van der Waals surface area contributed by atoms with E-state index >= 15 is 0 Å². The molecule has 1 heterocycles. The fourth-order valence-corrected chi connectivity index (χ4v) is 2.43. The number of hydrogen-bond donors (Lipinski definition) is 1. The van der Waals surface area contributed by atoms with Gasteiger partial charge >= 0.3 is 0 Å². The van der Waals surface area contributed by atoms with Crippen LogP contribution in [0.15, 0.2) is 18.2 Å². The molecular formula is C14H21NO2. The van der Waals surface area contributed by atoms with Gasteiger partial charge < -0.3 is 14.7 Å². The molecular weight excluding hydrogens is 214 g/mol. The average molecular weight is 235 g/mol. The third-order valence-electron chi connectivity index (χ3n) is 3.62. The van der Waals surface area contributed by atoms with Crippen LogP contribution in [0.5, 0.6) is 5.75 Å². The van der Waals surface area contributed by atoms with Gasteiger partial charge in [-0.05, 0) is 49.4 Å². The second kappa shape index (κ2) is 5.41. The molecule has 1 aromatic rings. The molecule has 1 fully saturated rings. The van der Waals surface area contributed by atoms with Crippen LogP contribution in [0.2, 0.25) is 0 Å². The summed E-state index contributed by atoms with van der Waals surface area (Å²) in [5.74, 6) is 1.43. The molecule has 3 heteroatoms. The Morgan fingerprint density at radius 2 is 2.06 bits per heavy atom. The number of nitrogens with zero attached hydrogens (tertiary/aromatic N) is 1. The summed E-state index contributed by atoms with van der Waals surface area (Å²) in [6.45, 7) is 4.48. The van der Waals surface area contributed by atoms with Gasteiger partial charge in [-0.15, -0.1) is 0 Å². The molecule has 3 nitrogen and oxygen atoms in total. The van der Waals surface area contributed by atoms with E-state index in [-0.39, 0.29) is 0 Å². The Bertz CT molecular complexity index is 370. The number of piperidine rings is 1. The lowest BCUT2D eigenvalue weighted by Gasteiger charge is -2.33. The minimum Gasteiger partial charge on any atom is -0.496 e. The van der Waals surface area contributed by atoms with Crippen LogP contribution in [-0.4, -0.2) is 31.9 Å². The average Bonchev–Trinajstić information content (AvgIpc) is 2.39. The molecule has 0 aromatic heterocycles. The van der Waals surface area contributed by atoms with Crippen molar-refractivity contribution in [3.8, 4) is 5.75 Å². The van der Waals surface area contributed by atoms with E-state index in [4.69, 9.17) is 9.84 Å². The number of aliphatic hydroxyl groups is 1. The summed E-state index contributed by atoms with van der Waals surface area (Å²) >= 11 is 0. The molecule has 0 bridgehead atoms. The van der Waals surface area contributed by atoms with Gasteiger partial charge in [-0.25, -0.2) is 0 Å². The fraction of sp³-hybridized carbons (Fsp3) is 0.571. The van der Waals surface area contributed by atoms with Crippen molar-refractivity contribution in [1.82, 2.24) is 0 Å². The lowest BCUT2D eigenvalue weighted by molar-refractivity contribution is 0.203. The molecule has 0 unspecified atom stereocenters. The maximum atomic E-state index is 9.13. The summed E-state index contributed by atoms with van der Waals surface area (Å²) in [6, 6.07) is 6.33. The maximum absolute atomic E-state index is 9.13. The minimum absolute atomic E-state index is 0.329.